The molecule has 2 aromatic rings. The van der Waals surface area contributed by atoms with Crippen molar-refractivity contribution in [1.82, 2.24) is 0 Å². The van der Waals surface area contributed by atoms with Gasteiger partial charge in [0.25, 0.3) is 0 Å². The molecule has 92 valence electrons. The molecule has 2 aromatic carbocycles. The Balaban J connectivity index is 2.16. The maximum Gasteiger partial charge on any atom is 0.349 e. The van der Waals surface area contributed by atoms with Gasteiger partial charge in [0.05, 0.1) is 0 Å². The highest BCUT2D eigenvalue weighted by Gasteiger charge is 2.09. The van der Waals surface area contributed by atoms with E-state index < -0.39 is 11.9 Å². The molecule has 0 saturated heterocycles. The minimum absolute atomic E-state index is 0.376. The van der Waals surface area contributed by atoms with Crippen LogP contribution in [0.2, 0.25) is 0 Å². The molecule has 0 fully saturated rings. The van der Waals surface area contributed by atoms with Crippen molar-refractivity contribution in [3.8, 4) is 5.75 Å². The molecule has 2 rings (SSSR count). The van der Waals surface area contributed by atoms with Crippen molar-refractivity contribution in [1.29, 1.82) is 0 Å². The summed E-state index contributed by atoms with van der Waals surface area (Å²) in [7, 11) is 0. The van der Waals surface area contributed by atoms with Crippen LogP contribution >= 0.6 is 0 Å². The van der Waals surface area contributed by atoms with Gasteiger partial charge in [-0.3, -0.25) is 4.79 Å². The third kappa shape index (κ3) is 2.85. The third-order valence-corrected chi connectivity index (χ3v) is 2.37. The summed E-state index contributed by atoms with van der Waals surface area (Å²) in [6, 6.07) is 13.0. The van der Waals surface area contributed by atoms with Crippen LogP contribution in [0.1, 0.15) is 6.92 Å². The summed E-state index contributed by atoms with van der Waals surface area (Å²) < 4.78 is 9.74. The van der Waals surface area contributed by atoms with Gasteiger partial charge in [-0.1, -0.05) is 36.4 Å². The molecule has 0 aliphatic carbocycles. The molecule has 0 bridgehead atoms. The summed E-state index contributed by atoms with van der Waals surface area (Å²) in [6.07, 6.45) is 0. The van der Waals surface area contributed by atoms with E-state index in [1.165, 1.54) is 6.92 Å². The fourth-order valence-electron chi connectivity index (χ4n) is 1.60. The molecule has 0 spiro atoms. The Bertz CT molecular complexity index is 584. The monoisotopic (exact) mass is 244 g/mol. The Morgan fingerprint density at radius 2 is 1.78 bits per heavy atom. The lowest BCUT2D eigenvalue weighted by Gasteiger charge is -2.07. The predicted molar refractivity (Wildman–Crippen MR) is 66.2 cm³/mol. The van der Waals surface area contributed by atoms with Crippen LogP contribution in [0.4, 0.5) is 0 Å². The number of carbonyl (C=O) groups excluding carboxylic acids is 2. The minimum atomic E-state index is -0.596. The first kappa shape index (κ1) is 12.1. The van der Waals surface area contributed by atoms with Crippen molar-refractivity contribution in [3.63, 3.8) is 0 Å². The number of esters is 2. The molecule has 18 heavy (non-hydrogen) atoms. The lowest BCUT2D eigenvalue weighted by molar-refractivity contribution is -0.151. The number of ether oxygens (including phenoxy) is 2. The quantitative estimate of drug-likeness (QED) is 0.614. The van der Waals surface area contributed by atoms with E-state index in [-0.39, 0.29) is 6.61 Å². The van der Waals surface area contributed by atoms with Crippen molar-refractivity contribution in [2.24, 2.45) is 0 Å². The minimum Gasteiger partial charge on any atom is -0.454 e. The number of rotatable bonds is 3. The van der Waals surface area contributed by atoms with E-state index in [0.717, 1.165) is 10.8 Å². The Kier molecular flexibility index (Phi) is 3.57. The van der Waals surface area contributed by atoms with Gasteiger partial charge in [0, 0.05) is 12.3 Å². The second kappa shape index (κ2) is 5.31. The summed E-state index contributed by atoms with van der Waals surface area (Å²) in [4.78, 5) is 22.0. The first-order valence-corrected chi connectivity index (χ1v) is 5.48. The van der Waals surface area contributed by atoms with Crippen LogP contribution in [0, 0.1) is 0 Å². The summed E-state index contributed by atoms with van der Waals surface area (Å²) >= 11 is 0. The number of hydrogen-bond donors (Lipinski definition) is 0. The third-order valence-electron chi connectivity index (χ3n) is 2.37. The van der Waals surface area contributed by atoms with Crippen molar-refractivity contribution < 1.29 is 19.1 Å². The normalized spacial score (nSPS) is 10.1. The topological polar surface area (TPSA) is 52.6 Å². The van der Waals surface area contributed by atoms with Gasteiger partial charge in [-0.2, -0.15) is 0 Å². The number of fused-ring (bicyclic) bond motifs is 1. The van der Waals surface area contributed by atoms with Crippen LogP contribution in [-0.2, 0) is 14.3 Å². The number of benzene rings is 2. The smallest absolute Gasteiger partial charge is 0.349 e. The maximum absolute atomic E-state index is 11.5. The van der Waals surface area contributed by atoms with Gasteiger partial charge in [0.2, 0.25) is 0 Å². The van der Waals surface area contributed by atoms with Crippen molar-refractivity contribution >= 4 is 22.7 Å². The van der Waals surface area contributed by atoms with Crippen LogP contribution in [-0.4, -0.2) is 18.5 Å². The second-order valence-electron chi connectivity index (χ2n) is 3.73. The fourth-order valence-corrected chi connectivity index (χ4v) is 1.60. The zero-order valence-electron chi connectivity index (χ0n) is 9.88. The number of carbonyl (C=O) groups is 2. The molecule has 0 aliphatic rings. The van der Waals surface area contributed by atoms with Gasteiger partial charge >= 0.3 is 11.9 Å². The first-order chi connectivity index (χ1) is 8.66. The Morgan fingerprint density at radius 1 is 1.06 bits per heavy atom. The van der Waals surface area contributed by atoms with E-state index in [1.54, 1.807) is 12.1 Å². The van der Waals surface area contributed by atoms with E-state index in [9.17, 15) is 9.59 Å². The van der Waals surface area contributed by atoms with Crippen LogP contribution in [0.5, 0.6) is 5.75 Å². The van der Waals surface area contributed by atoms with Crippen molar-refractivity contribution in [2.45, 2.75) is 6.92 Å². The largest absolute Gasteiger partial charge is 0.454 e. The van der Waals surface area contributed by atoms with E-state index in [4.69, 9.17) is 4.74 Å². The molecule has 0 saturated carbocycles. The van der Waals surface area contributed by atoms with Gasteiger partial charge in [-0.15, -0.1) is 0 Å². The maximum atomic E-state index is 11.5. The molecule has 0 N–H and O–H groups in total. The molecule has 0 atom stereocenters. The zero-order valence-corrected chi connectivity index (χ0v) is 9.88. The Hall–Kier alpha value is -2.36. The van der Waals surface area contributed by atoms with E-state index >= 15 is 0 Å². The summed E-state index contributed by atoms with van der Waals surface area (Å²) in [5.74, 6) is -0.642. The molecule has 0 amide bonds. The molecule has 0 radical (unpaired) electrons. The molecule has 4 heteroatoms. The Morgan fingerprint density at radius 3 is 2.56 bits per heavy atom. The molecule has 4 nitrogen and oxygen atoms in total. The lowest BCUT2D eigenvalue weighted by atomic mass is 10.1. The average Bonchev–Trinajstić information content (AvgIpc) is 2.37. The second-order valence-corrected chi connectivity index (χ2v) is 3.73. The lowest BCUT2D eigenvalue weighted by Crippen LogP contribution is -2.17. The molecule has 0 aromatic heterocycles. The van der Waals surface area contributed by atoms with Gasteiger partial charge in [0.1, 0.15) is 5.75 Å². The average molecular weight is 244 g/mol. The van der Waals surface area contributed by atoms with Gasteiger partial charge in [-0.05, 0) is 11.5 Å². The van der Waals surface area contributed by atoms with E-state index in [0.29, 0.717) is 5.75 Å². The van der Waals surface area contributed by atoms with E-state index in [1.807, 2.05) is 30.3 Å². The molecule has 0 heterocycles. The molecule has 0 aliphatic heterocycles. The van der Waals surface area contributed by atoms with Crippen LogP contribution in [0.15, 0.2) is 42.5 Å². The fraction of sp³-hybridized carbons (Fsp3) is 0.143. The summed E-state index contributed by atoms with van der Waals surface area (Å²) in [5.41, 5.74) is 0. The number of hydrogen-bond acceptors (Lipinski definition) is 4. The highest BCUT2D eigenvalue weighted by molar-refractivity contribution is 5.90. The predicted octanol–water partition coefficient (Wildman–Crippen LogP) is 2.31. The SMILES string of the molecule is CC(=O)OCC(=O)Oc1cccc2ccccc12. The van der Waals surface area contributed by atoms with Gasteiger partial charge in [-0.25, -0.2) is 4.79 Å². The standard InChI is InChI=1S/C14H12O4/c1-10(15)17-9-14(16)18-13-8-4-6-11-5-2-3-7-12(11)13/h2-8H,9H2,1H3. The molecular weight excluding hydrogens is 232 g/mol. The van der Waals surface area contributed by atoms with Crippen molar-refractivity contribution in [2.75, 3.05) is 6.61 Å². The molecular formula is C14H12O4. The summed E-state index contributed by atoms with van der Waals surface area (Å²) in [6.45, 7) is 0.865. The zero-order chi connectivity index (χ0) is 13.0. The van der Waals surface area contributed by atoms with E-state index in [2.05, 4.69) is 4.74 Å². The van der Waals surface area contributed by atoms with Gasteiger partial charge < -0.3 is 9.47 Å². The van der Waals surface area contributed by atoms with Crippen LogP contribution in [0.25, 0.3) is 10.8 Å². The Labute approximate surface area is 104 Å². The van der Waals surface area contributed by atoms with Crippen LogP contribution < -0.4 is 4.74 Å². The first-order valence-electron chi connectivity index (χ1n) is 5.48. The van der Waals surface area contributed by atoms with Crippen molar-refractivity contribution in [3.05, 3.63) is 42.5 Å². The van der Waals surface area contributed by atoms with Gasteiger partial charge in [0.15, 0.2) is 6.61 Å². The van der Waals surface area contributed by atoms with Crippen LogP contribution in [0.3, 0.4) is 0 Å². The highest BCUT2D eigenvalue weighted by Crippen LogP contribution is 2.25. The molecule has 0 unspecified atom stereocenters. The summed E-state index contributed by atoms with van der Waals surface area (Å²) in [5, 5.41) is 1.83. The highest BCUT2D eigenvalue weighted by atomic mass is 16.6.